The van der Waals surface area contributed by atoms with Crippen LogP contribution in [0.25, 0.3) is 0 Å². The highest BCUT2D eigenvalue weighted by Crippen LogP contribution is 2.32. The third-order valence-corrected chi connectivity index (χ3v) is 4.11. The lowest BCUT2D eigenvalue weighted by atomic mass is 9.95. The number of rotatable bonds is 4. The van der Waals surface area contributed by atoms with Gasteiger partial charge in [-0.3, -0.25) is 9.59 Å². The van der Waals surface area contributed by atoms with Crippen LogP contribution < -0.4 is 16.8 Å². The minimum atomic E-state index is -0.591. The van der Waals surface area contributed by atoms with Gasteiger partial charge in [0, 0.05) is 11.6 Å². The molecule has 1 saturated carbocycles. The predicted octanol–water partition coefficient (Wildman–Crippen LogP) is 1.75. The predicted molar refractivity (Wildman–Crippen MR) is 78.5 cm³/mol. The van der Waals surface area contributed by atoms with Gasteiger partial charge in [0.2, 0.25) is 11.8 Å². The van der Waals surface area contributed by atoms with Crippen molar-refractivity contribution in [2.75, 3.05) is 11.9 Å². The van der Waals surface area contributed by atoms with E-state index in [-0.39, 0.29) is 28.3 Å². The van der Waals surface area contributed by atoms with Gasteiger partial charge in [-0.05, 0) is 43.5 Å². The lowest BCUT2D eigenvalue weighted by Crippen LogP contribution is -2.29. The summed E-state index contributed by atoms with van der Waals surface area (Å²) in [6, 6.07) is 4.66. The molecule has 0 saturated heterocycles. The van der Waals surface area contributed by atoms with Crippen LogP contribution in [0.1, 0.15) is 29.6 Å². The molecule has 1 aromatic carbocycles. The van der Waals surface area contributed by atoms with Crippen LogP contribution in [0.5, 0.6) is 0 Å². The Bertz CT molecular complexity index is 533. The Morgan fingerprint density at radius 1 is 1.35 bits per heavy atom. The zero-order valence-corrected chi connectivity index (χ0v) is 11.8. The molecule has 2 rings (SSSR count). The monoisotopic (exact) mass is 295 g/mol. The molecule has 1 aliphatic carbocycles. The van der Waals surface area contributed by atoms with Gasteiger partial charge < -0.3 is 16.8 Å². The molecule has 5 N–H and O–H groups in total. The highest BCUT2D eigenvalue weighted by atomic mass is 35.5. The molecule has 0 spiro atoms. The molecule has 108 valence electrons. The van der Waals surface area contributed by atoms with Crippen molar-refractivity contribution < 1.29 is 9.59 Å². The molecule has 0 aromatic heterocycles. The van der Waals surface area contributed by atoms with Gasteiger partial charge >= 0.3 is 0 Å². The average Bonchev–Trinajstić information content (AvgIpc) is 2.86. The largest absolute Gasteiger partial charge is 0.366 e. The second-order valence-corrected chi connectivity index (χ2v) is 5.49. The Labute approximate surface area is 122 Å². The third kappa shape index (κ3) is 3.11. The zero-order valence-electron chi connectivity index (χ0n) is 11.1. The number of nitrogens with two attached hydrogens (primary N) is 2. The maximum Gasteiger partial charge on any atom is 0.250 e. The van der Waals surface area contributed by atoms with E-state index in [9.17, 15) is 9.59 Å². The van der Waals surface area contributed by atoms with Gasteiger partial charge in [-0.15, -0.1) is 0 Å². The summed E-state index contributed by atoms with van der Waals surface area (Å²) in [5, 5.41) is 3.06. The molecule has 2 amide bonds. The summed E-state index contributed by atoms with van der Waals surface area (Å²) in [7, 11) is 0. The van der Waals surface area contributed by atoms with Gasteiger partial charge in [0.1, 0.15) is 0 Å². The lowest BCUT2D eigenvalue weighted by Gasteiger charge is -2.17. The van der Waals surface area contributed by atoms with Crippen LogP contribution in [-0.2, 0) is 4.79 Å². The Kier molecular flexibility index (Phi) is 4.62. The summed E-state index contributed by atoms with van der Waals surface area (Å²) in [5.41, 5.74) is 11.7. The maximum atomic E-state index is 12.2. The molecular formula is C14H18ClN3O2. The summed E-state index contributed by atoms with van der Waals surface area (Å²) in [4.78, 5) is 23.3. The van der Waals surface area contributed by atoms with E-state index in [4.69, 9.17) is 23.1 Å². The summed E-state index contributed by atoms with van der Waals surface area (Å²) in [5.74, 6) is -0.433. The second-order valence-electron chi connectivity index (χ2n) is 5.08. The molecule has 0 heterocycles. The van der Waals surface area contributed by atoms with Gasteiger partial charge in [-0.25, -0.2) is 0 Å². The molecule has 0 unspecified atom stereocenters. The van der Waals surface area contributed by atoms with Gasteiger partial charge in [-0.1, -0.05) is 18.0 Å². The summed E-state index contributed by atoms with van der Waals surface area (Å²) in [6.07, 6.45) is 2.89. The lowest BCUT2D eigenvalue weighted by molar-refractivity contribution is -0.120. The van der Waals surface area contributed by atoms with Gasteiger partial charge in [0.25, 0.3) is 0 Å². The van der Waals surface area contributed by atoms with Crippen LogP contribution >= 0.6 is 11.6 Å². The Morgan fingerprint density at radius 3 is 2.70 bits per heavy atom. The molecule has 0 bridgehead atoms. The summed E-state index contributed by atoms with van der Waals surface area (Å²) in [6.45, 7) is 0.527. The number of benzene rings is 1. The van der Waals surface area contributed by atoms with E-state index in [0.29, 0.717) is 12.2 Å². The fourth-order valence-corrected chi connectivity index (χ4v) is 2.97. The number of carbonyl (C=O) groups excluding carboxylic acids is 2. The van der Waals surface area contributed by atoms with Crippen LogP contribution in [0.3, 0.4) is 0 Å². The minimum absolute atomic E-state index is 0.0409. The molecule has 6 heteroatoms. The summed E-state index contributed by atoms with van der Waals surface area (Å²) >= 11 is 5.95. The van der Waals surface area contributed by atoms with Crippen LogP contribution in [-0.4, -0.2) is 18.4 Å². The molecule has 1 aliphatic rings. The van der Waals surface area contributed by atoms with Gasteiger partial charge in [0.05, 0.1) is 10.6 Å². The fraction of sp³-hybridized carbons (Fsp3) is 0.429. The van der Waals surface area contributed by atoms with E-state index in [1.807, 2.05) is 0 Å². The minimum Gasteiger partial charge on any atom is -0.366 e. The van der Waals surface area contributed by atoms with E-state index in [0.717, 1.165) is 19.3 Å². The normalized spacial score (nSPS) is 21.7. The third-order valence-electron chi connectivity index (χ3n) is 3.80. The van der Waals surface area contributed by atoms with Crippen LogP contribution in [0.2, 0.25) is 5.02 Å². The molecule has 1 aromatic rings. The molecular weight excluding hydrogens is 278 g/mol. The van der Waals surface area contributed by atoms with Crippen molar-refractivity contribution in [3.8, 4) is 0 Å². The molecule has 1 fully saturated rings. The maximum absolute atomic E-state index is 12.2. The van der Waals surface area contributed by atoms with Crippen molar-refractivity contribution in [2.45, 2.75) is 19.3 Å². The molecule has 2 atom stereocenters. The molecule has 20 heavy (non-hydrogen) atoms. The molecule has 0 aliphatic heterocycles. The quantitative estimate of drug-likeness (QED) is 0.789. The smallest absolute Gasteiger partial charge is 0.250 e. The van der Waals surface area contributed by atoms with Crippen LogP contribution in [0.4, 0.5) is 5.69 Å². The number of nitrogens with one attached hydrogen (secondary N) is 1. The number of amides is 2. The standard InChI is InChI=1S/C14H18ClN3O2/c15-12-6-9(4-5-11(12)13(17)19)18-14(20)10-3-1-2-8(10)7-16/h4-6,8,10H,1-3,7,16H2,(H2,17,19)(H,18,20)/t8-,10-/m1/s1. The van der Waals surface area contributed by atoms with E-state index < -0.39 is 5.91 Å². The number of primary amides is 1. The van der Waals surface area contributed by atoms with Gasteiger partial charge in [0.15, 0.2) is 0 Å². The Morgan fingerprint density at radius 2 is 2.10 bits per heavy atom. The highest BCUT2D eigenvalue weighted by molar-refractivity contribution is 6.34. The summed E-state index contributed by atoms with van der Waals surface area (Å²) < 4.78 is 0. The number of hydrogen-bond acceptors (Lipinski definition) is 3. The van der Waals surface area contributed by atoms with Crippen molar-refractivity contribution in [1.29, 1.82) is 0 Å². The van der Waals surface area contributed by atoms with Crippen LogP contribution in [0.15, 0.2) is 18.2 Å². The highest BCUT2D eigenvalue weighted by Gasteiger charge is 2.31. The Balaban J connectivity index is 2.08. The van der Waals surface area contributed by atoms with Crippen molar-refractivity contribution in [3.05, 3.63) is 28.8 Å². The number of carbonyl (C=O) groups is 2. The van der Waals surface area contributed by atoms with E-state index in [2.05, 4.69) is 5.32 Å². The SMILES string of the molecule is NC[C@H]1CCC[C@H]1C(=O)Nc1ccc(C(N)=O)c(Cl)c1. The first-order valence-corrected chi connectivity index (χ1v) is 7.01. The Hall–Kier alpha value is -1.59. The van der Waals surface area contributed by atoms with Crippen molar-refractivity contribution in [1.82, 2.24) is 0 Å². The first-order chi connectivity index (χ1) is 9.52. The fourth-order valence-electron chi connectivity index (χ4n) is 2.69. The number of hydrogen-bond donors (Lipinski definition) is 3. The number of halogens is 1. The topological polar surface area (TPSA) is 98.2 Å². The van der Waals surface area contributed by atoms with Crippen molar-refractivity contribution in [2.24, 2.45) is 23.3 Å². The van der Waals surface area contributed by atoms with Crippen LogP contribution in [0, 0.1) is 11.8 Å². The van der Waals surface area contributed by atoms with E-state index in [1.165, 1.54) is 12.1 Å². The van der Waals surface area contributed by atoms with E-state index >= 15 is 0 Å². The van der Waals surface area contributed by atoms with Crippen molar-refractivity contribution in [3.63, 3.8) is 0 Å². The van der Waals surface area contributed by atoms with Crippen molar-refractivity contribution >= 4 is 29.1 Å². The number of anilines is 1. The first kappa shape index (κ1) is 14.8. The zero-order chi connectivity index (χ0) is 14.7. The molecule has 0 radical (unpaired) electrons. The van der Waals surface area contributed by atoms with E-state index in [1.54, 1.807) is 6.07 Å². The molecule has 5 nitrogen and oxygen atoms in total. The first-order valence-electron chi connectivity index (χ1n) is 6.63. The second kappa shape index (κ2) is 6.24. The van der Waals surface area contributed by atoms with Gasteiger partial charge in [-0.2, -0.15) is 0 Å². The average molecular weight is 296 g/mol.